The molecule has 0 unspecified atom stereocenters. The van der Waals surface area contributed by atoms with E-state index in [0.717, 1.165) is 27.9 Å². The van der Waals surface area contributed by atoms with Crippen molar-refractivity contribution >= 4 is 22.1 Å². The highest BCUT2D eigenvalue weighted by Crippen LogP contribution is 2.16. The first kappa shape index (κ1) is 11.2. The fourth-order valence-corrected chi connectivity index (χ4v) is 2.38. The molecule has 0 fully saturated rings. The Balaban J connectivity index is 1.72. The van der Waals surface area contributed by atoms with Gasteiger partial charge in [0.15, 0.2) is 0 Å². The second-order valence-electron chi connectivity index (χ2n) is 3.91. The number of nitrogens with zero attached hydrogens (tertiary/aromatic N) is 4. The molecule has 6 heteroatoms. The zero-order valence-corrected chi connectivity index (χ0v) is 10.8. The number of hydrogen-bond donors (Lipinski definition) is 1. The Morgan fingerprint density at radius 3 is 3.06 bits per heavy atom. The SMILES string of the molecule is CCc1nnc(NCc2cn3ccccc3n2)s1. The number of anilines is 1. The van der Waals surface area contributed by atoms with Crippen molar-refractivity contribution in [1.29, 1.82) is 0 Å². The van der Waals surface area contributed by atoms with E-state index in [4.69, 9.17) is 0 Å². The van der Waals surface area contributed by atoms with Gasteiger partial charge in [-0.1, -0.05) is 24.3 Å². The quantitative estimate of drug-likeness (QED) is 0.781. The maximum Gasteiger partial charge on any atom is 0.205 e. The molecule has 0 radical (unpaired) electrons. The van der Waals surface area contributed by atoms with Crippen LogP contribution in [0.5, 0.6) is 0 Å². The Kier molecular flexibility index (Phi) is 2.93. The van der Waals surface area contributed by atoms with Gasteiger partial charge in [0.25, 0.3) is 0 Å². The molecule has 3 aromatic rings. The molecule has 3 rings (SSSR count). The third kappa shape index (κ3) is 2.19. The predicted molar refractivity (Wildman–Crippen MR) is 71.8 cm³/mol. The summed E-state index contributed by atoms with van der Waals surface area (Å²) in [6.45, 7) is 2.74. The Bertz CT molecular complexity index is 624. The molecular weight excluding hydrogens is 246 g/mol. The van der Waals surface area contributed by atoms with E-state index in [2.05, 4.69) is 27.4 Å². The number of imidazole rings is 1. The fraction of sp³-hybridized carbons (Fsp3) is 0.250. The van der Waals surface area contributed by atoms with E-state index in [0.29, 0.717) is 6.54 Å². The molecule has 18 heavy (non-hydrogen) atoms. The maximum absolute atomic E-state index is 4.51. The van der Waals surface area contributed by atoms with E-state index in [1.165, 1.54) is 0 Å². The molecule has 5 nitrogen and oxygen atoms in total. The van der Waals surface area contributed by atoms with Crippen LogP contribution in [0.3, 0.4) is 0 Å². The van der Waals surface area contributed by atoms with E-state index in [1.54, 1.807) is 11.3 Å². The van der Waals surface area contributed by atoms with Crippen LogP contribution >= 0.6 is 11.3 Å². The number of rotatable bonds is 4. The number of aromatic nitrogens is 4. The largest absolute Gasteiger partial charge is 0.354 e. The first-order valence-corrected chi connectivity index (χ1v) is 6.65. The van der Waals surface area contributed by atoms with Crippen LogP contribution in [0.1, 0.15) is 17.6 Å². The zero-order chi connectivity index (χ0) is 12.4. The summed E-state index contributed by atoms with van der Waals surface area (Å²) in [7, 11) is 0. The predicted octanol–water partition coefficient (Wildman–Crippen LogP) is 2.36. The lowest BCUT2D eigenvalue weighted by Gasteiger charge is -1.96. The van der Waals surface area contributed by atoms with Crippen molar-refractivity contribution in [3.63, 3.8) is 0 Å². The molecular formula is C12H13N5S. The highest BCUT2D eigenvalue weighted by Gasteiger charge is 2.04. The minimum atomic E-state index is 0.667. The van der Waals surface area contributed by atoms with Crippen LogP contribution in [0.4, 0.5) is 5.13 Å². The Morgan fingerprint density at radius 2 is 2.28 bits per heavy atom. The molecule has 0 aromatic carbocycles. The van der Waals surface area contributed by atoms with Gasteiger partial charge in [-0.2, -0.15) is 0 Å². The van der Waals surface area contributed by atoms with Gasteiger partial charge < -0.3 is 9.72 Å². The topological polar surface area (TPSA) is 55.1 Å². The molecule has 0 aliphatic heterocycles. The highest BCUT2D eigenvalue weighted by molar-refractivity contribution is 7.15. The Labute approximate surface area is 109 Å². The van der Waals surface area contributed by atoms with Gasteiger partial charge in [-0.25, -0.2) is 4.98 Å². The minimum Gasteiger partial charge on any atom is -0.354 e. The van der Waals surface area contributed by atoms with Crippen LogP contribution < -0.4 is 5.32 Å². The number of fused-ring (bicyclic) bond motifs is 1. The molecule has 0 aliphatic carbocycles. The second kappa shape index (κ2) is 4.73. The summed E-state index contributed by atoms with van der Waals surface area (Å²) >= 11 is 1.59. The highest BCUT2D eigenvalue weighted by atomic mass is 32.1. The van der Waals surface area contributed by atoms with E-state index in [-0.39, 0.29) is 0 Å². The summed E-state index contributed by atoms with van der Waals surface area (Å²) in [6, 6.07) is 5.96. The fourth-order valence-electron chi connectivity index (χ4n) is 1.71. The maximum atomic E-state index is 4.51. The van der Waals surface area contributed by atoms with Crippen LogP contribution in [-0.4, -0.2) is 19.6 Å². The molecule has 3 heterocycles. The van der Waals surface area contributed by atoms with Gasteiger partial charge in [0.2, 0.25) is 5.13 Å². The molecule has 0 atom stereocenters. The normalized spacial score (nSPS) is 10.9. The monoisotopic (exact) mass is 259 g/mol. The van der Waals surface area contributed by atoms with Crippen molar-refractivity contribution in [3.8, 4) is 0 Å². The van der Waals surface area contributed by atoms with Gasteiger partial charge in [0.05, 0.1) is 12.2 Å². The summed E-state index contributed by atoms with van der Waals surface area (Å²) in [5.74, 6) is 0. The smallest absolute Gasteiger partial charge is 0.205 e. The average Bonchev–Trinajstić information content (AvgIpc) is 3.02. The number of pyridine rings is 1. The molecule has 0 bridgehead atoms. The van der Waals surface area contributed by atoms with Gasteiger partial charge in [-0.15, -0.1) is 10.2 Å². The van der Waals surface area contributed by atoms with E-state index in [9.17, 15) is 0 Å². The molecule has 0 aliphatic rings. The van der Waals surface area contributed by atoms with Gasteiger partial charge in [0, 0.05) is 12.4 Å². The summed E-state index contributed by atoms with van der Waals surface area (Å²) < 4.78 is 2.01. The molecule has 0 saturated heterocycles. The van der Waals surface area contributed by atoms with Crippen LogP contribution in [0, 0.1) is 0 Å². The van der Waals surface area contributed by atoms with E-state index in [1.807, 2.05) is 35.0 Å². The molecule has 0 spiro atoms. The van der Waals surface area contributed by atoms with Crippen molar-refractivity contribution in [1.82, 2.24) is 19.6 Å². The number of aryl methyl sites for hydroxylation is 1. The minimum absolute atomic E-state index is 0.667. The lowest BCUT2D eigenvalue weighted by Crippen LogP contribution is -1.98. The number of nitrogens with one attached hydrogen (secondary N) is 1. The lowest BCUT2D eigenvalue weighted by atomic mass is 10.5. The first-order chi connectivity index (χ1) is 8.85. The van der Waals surface area contributed by atoms with Gasteiger partial charge in [0.1, 0.15) is 10.7 Å². The summed E-state index contributed by atoms with van der Waals surface area (Å²) in [4.78, 5) is 4.51. The lowest BCUT2D eigenvalue weighted by molar-refractivity contribution is 0.971. The summed E-state index contributed by atoms with van der Waals surface area (Å²) in [5.41, 5.74) is 1.95. The molecule has 92 valence electrons. The Hall–Kier alpha value is -1.95. The Morgan fingerprint density at radius 1 is 1.33 bits per heavy atom. The molecule has 3 aromatic heterocycles. The molecule has 1 N–H and O–H groups in total. The summed E-state index contributed by atoms with van der Waals surface area (Å²) in [6.07, 6.45) is 4.93. The standard InChI is InChI=1S/C12H13N5S/c1-2-11-15-16-12(18-11)13-7-9-8-17-6-4-3-5-10(17)14-9/h3-6,8H,2,7H2,1H3,(H,13,16). The third-order valence-electron chi connectivity index (χ3n) is 2.60. The van der Waals surface area contributed by atoms with Crippen LogP contribution in [0.15, 0.2) is 30.6 Å². The van der Waals surface area contributed by atoms with Gasteiger partial charge in [-0.3, -0.25) is 0 Å². The van der Waals surface area contributed by atoms with Gasteiger partial charge >= 0.3 is 0 Å². The van der Waals surface area contributed by atoms with Crippen LogP contribution in [0.2, 0.25) is 0 Å². The third-order valence-corrected chi connectivity index (χ3v) is 3.63. The van der Waals surface area contributed by atoms with Crippen LogP contribution in [0.25, 0.3) is 5.65 Å². The number of hydrogen-bond acceptors (Lipinski definition) is 5. The molecule has 0 saturated carbocycles. The van der Waals surface area contributed by atoms with Crippen molar-refractivity contribution < 1.29 is 0 Å². The summed E-state index contributed by atoms with van der Waals surface area (Å²) in [5, 5.41) is 13.3. The van der Waals surface area contributed by atoms with Crippen molar-refractivity contribution in [2.75, 3.05) is 5.32 Å². The molecule has 0 amide bonds. The first-order valence-electron chi connectivity index (χ1n) is 5.84. The van der Waals surface area contributed by atoms with Crippen molar-refractivity contribution in [3.05, 3.63) is 41.3 Å². The second-order valence-corrected chi connectivity index (χ2v) is 4.97. The van der Waals surface area contributed by atoms with E-state index < -0.39 is 0 Å². The van der Waals surface area contributed by atoms with Gasteiger partial charge in [-0.05, 0) is 18.6 Å². The zero-order valence-electron chi connectivity index (χ0n) is 10.00. The average molecular weight is 259 g/mol. The van der Waals surface area contributed by atoms with Crippen molar-refractivity contribution in [2.24, 2.45) is 0 Å². The van der Waals surface area contributed by atoms with E-state index >= 15 is 0 Å². The van der Waals surface area contributed by atoms with Crippen LogP contribution in [-0.2, 0) is 13.0 Å². The van der Waals surface area contributed by atoms with Crippen molar-refractivity contribution in [2.45, 2.75) is 19.9 Å².